The Bertz CT molecular complexity index is 1110. The first kappa shape index (κ1) is 21.8. The van der Waals surface area contributed by atoms with Crippen molar-refractivity contribution in [2.45, 2.75) is 44.8 Å². The molecule has 4 rings (SSSR count). The fraction of sp³-hybridized carbons (Fsp3) is 0.429. The molecule has 1 aliphatic rings. The van der Waals surface area contributed by atoms with E-state index in [0.29, 0.717) is 19.7 Å². The Morgan fingerprint density at radius 2 is 2.06 bits per heavy atom. The third-order valence-electron chi connectivity index (χ3n) is 5.32. The molecule has 1 aliphatic carbocycles. The molecule has 31 heavy (non-hydrogen) atoms. The van der Waals surface area contributed by atoms with Crippen LogP contribution in [-0.2, 0) is 30.7 Å². The number of fused-ring (bicyclic) bond motifs is 3. The number of methoxy groups -OCH3 is 1. The van der Waals surface area contributed by atoms with Gasteiger partial charge in [0, 0.05) is 24.6 Å². The molecule has 0 spiro atoms. The first-order chi connectivity index (χ1) is 14.8. The number of nitrogens with zero attached hydrogens (tertiary/aromatic N) is 2. The molecule has 0 bridgehead atoms. The molecule has 1 atom stereocenters. The first-order valence-corrected chi connectivity index (χ1v) is 10.7. The fourth-order valence-corrected chi connectivity index (χ4v) is 5.05. The second-order valence-corrected chi connectivity index (χ2v) is 8.52. The lowest BCUT2D eigenvalue weighted by Crippen LogP contribution is -2.33. The third-order valence-corrected chi connectivity index (χ3v) is 6.49. The molecule has 0 saturated carbocycles. The van der Waals surface area contributed by atoms with Gasteiger partial charge in [0.15, 0.2) is 0 Å². The largest absolute Gasteiger partial charge is 0.573 e. The quantitative estimate of drug-likeness (QED) is 0.592. The molecule has 166 valence electrons. The summed E-state index contributed by atoms with van der Waals surface area (Å²) in [5.74, 6) is -0.229. The summed E-state index contributed by atoms with van der Waals surface area (Å²) in [7, 11) is 1.60. The zero-order valence-electron chi connectivity index (χ0n) is 16.9. The Morgan fingerprint density at radius 3 is 2.77 bits per heavy atom. The minimum Gasteiger partial charge on any atom is -0.406 e. The topological polar surface area (TPSA) is 65.4 Å². The van der Waals surface area contributed by atoms with Crippen LogP contribution in [0.5, 0.6) is 5.75 Å². The predicted molar refractivity (Wildman–Crippen MR) is 112 cm³/mol. The standard InChI is InChI=1S/C21H22F3N3O3S/c1-29-9-8-27-12-26-19-18(20(27)28)16-7-4-14(10-17(16)31-19)25-11-13-2-5-15(6-3-13)30-21(22,23)24/h2-3,5-6,12,14,25H,4,7-11H2,1H3/t14-/m0/s1. The van der Waals surface area contributed by atoms with Crippen molar-refractivity contribution in [2.24, 2.45) is 0 Å². The number of aryl methyl sites for hydroxylation is 1. The zero-order chi connectivity index (χ0) is 22.0. The molecule has 0 saturated heterocycles. The zero-order valence-corrected chi connectivity index (χ0v) is 17.7. The summed E-state index contributed by atoms with van der Waals surface area (Å²) in [6.45, 7) is 1.47. The molecule has 1 N–H and O–H groups in total. The number of alkyl halides is 3. The van der Waals surface area contributed by atoms with Gasteiger partial charge in [-0.15, -0.1) is 24.5 Å². The summed E-state index contributed by atoms with van der Waals surface area (Å²) in [5.41, 5.74) is 1.95. The summed E-state index contributed by atoms with van der Waals surface area (Å²) in [5, 5.41) is 4.19. The highest BCUT2D eigenvalue weighted by Crippen LogP contribution is 2.33. The Hall–Kier alpha value is -2.43. The lowest BCUT2D eigenvalue weighted by molar-refractivity contribution is -0.274. The van der Waals surface area contributed by atoms with Gasteiger partial charge in [-0.2, -0.15) is 0 Å². The summed E-state index contributed by atoms with van der Waals surface area (Å²) < 4.78 is 47.4. The summed E-state index contributed by atoms with van der Waals surface area (Å²) in [4.78, 5) is 19.3. The smallest absolute Gasteiger partial charge is 0.406 e. The monoisotopic (exact) mass is 453 g/mol. The second kappa shape index (κ2) is 8.97. The van der Waals surface area contributed by atoms with Crippen LogP contribution in [0, 0.1) is 0 Å². The lowest BCUT2D eigenvalue weighted by Gasteiger charge is -2.23. The molecule has 2 heterocycles. The number of hydrogen-bond donors (Lipinski definition) is 1. The van der Waals surface area contributed by atoms with Crippen molar-refractivity contribution >= 4 is 21.6 Å². The highest BCUT2D eigenvalue weighted by atomic mass is 32.1. The molecule has 6 nitrogen and oxygen atoms in total. The molecule has 2 aromatic heterocycles. The molecule has 0 aliphatic heterocycles. The van der Waals surface area contributed by atoms with E-state index < -0.39 is 6.36 Å². The van der Waals surface area contributed by atoms with Gasteiger partial charge in [0.25, 0.3) is 5.56 Å². The molecule has 0 unspecified atom stereocenters. The van der Waals surface area contributed by atoms with Gasteiger partial charge in [-0.05, 0) is 42.5 Å². The van der Waals surface area contributed by atoms with E-state index in [1.807, 2.05) is 0 Å². The van der Waals surface area contributed by atoms with Crippen LogP contribution in [0.15, 0.2) is 35.4 Å². The van der Waals surface area contributed by atoms with Crippen molar-refractivity contribution in [1.29, 1.82) is 0 Å². The summed E-state index contributed by atoms with van der Waals surface area (Å²) in [6, 6.07) is 6.09. The highest BCUT2D eigenvalue weighted by molar-refractivity contribution is 7.18. The van der Waals surface area contributed by atoms with E-state index in [9.17, 15) is 18.0 Å². The number of ether oxygens (including phenoxy) is 2. The van der Waals surface area contributed by atoms with Gasteiger partial charge < -0.3 is 14.8 Å². The van der Waals surface area contributed by atoms with Crippen LogP contribution in [0.4, 0.5) is 13.2 Å². The number of benzene rings is 1. The molecular weight excluding hydrogens is 431 g/mol. The van der Waals surface area contributed by atoms with E-state index in [1.54, 1.807) is 41.5 Å². The number of rotatable bonds is 7. The number of halogens is 3. The van der Waals surface area contributed by atoms with Gasteiger partial charge in [-0.3, -0.25) is 9.36 Å². The third kappa shape index (κ3) is 5.08. The van der Waals surface area contributed by atoms with E-state index in [1.165, 1.54) is 17.0 Å². The molecule has 10 heteroatoms. The van der Waals surface area contributed by atoms with E-state index in [0.717, 1.165) is 40.6 Å². The Labute approximate surface area is 180 Å². The number of thiophene rings is 1. The maximum absolute atomic E-state index is 12.9. The number of aromatic nitrogens is 2. The SMILES string of the molecule is COCCn1cnc2sc3c(c2c1=O)CC[C@H](NCc1ccc(OC(F)(F)F)cc1)C3. The normalized spacial score (nSPS) is 16.5. The molecular formula is C21H22F3N3O3S. The van der Waals surface area contributed by atoms with E-state index in [2.05, 4.69) is 15.0 Å². The second-order valence-electron chi connectivity index (χ2n) is 7.43. The van der Waals surface area contributed by atoms with Gasteiger partial charge in [0.1, 0.15) is 10.6 Å². The van der Waals surface area contributed by atoms with Crippen molar-refractivity contribution in [2.75, 3.05) is 13.7 Å². The van der Waals surface area contributed by atoms with Crippen LogP contribution in [0.3, 0.4) is 0 Å². The number of hydrogen-bond acceptors (Lipinski definition) is 6. The summed E-state index contributed by atoms with van der Waals surface area (Å²) in [6.07, 6.45) is -0.653. The van der Waals surface area contributed by atoms with Crippen LogP contribution < -0.4 is 15.6 Å². The van der Waals surface area contributed by atoms with Crippen molar-refractivity contribution < 1.29 is 22.6 Å². The Balaban J connectivity index is 1.42. The van der Waals surface area contributed by atoms with Crippen molar-refractivity contribution in [1.82, 2.24) is 14.9 Å². The maximum Gasteiger partial charge on any atom is 0.573 e. The minimum absolute atomic E-state index is 0.0212. The van der Waals surface area contributed by atoms with Crippen molar-refractivity contribution in [3.8, 4) is 5.75 Å². The van der Waals surface area contributed by atoms with Crippen molar-refractivity contribution in [3.63, 3.8) is 0 Å². The van der Waals surface area contributed by atoms with Gasteiger partial charge in [0.05, 0.1) is 24.9 Å². The van der Waals surface area contributed by atoms with Crippen LogP contribution in [0.1, 0.15) is 22.4 Å². The summed E-state index contributed by atoms with van der Waals surface area (Å²) >= 11 is 1.56. The lowest BCUT2D eigenvalue weighted by atomic mass is 9.93. The average Bonchev–Trinajstić information content (AvgIpc) is 3.10. The minimum atomic E-state index is -4.69. The molecule has 3 aromatic rings. The van der Waals surface area contributed by atoms with E-state index in [-0.39, 0.29) is 17.4 Å². The van der Waals surface area contributed by atoms with E-state index in [4.69, 9.17) is 4.74 Å². The molecule has 1 aromatic carbocycles. The van der Waals surface area contributed by atoms with E-state index >= 15 is 0 Å². The maximum atomic E-state index is 12.9. The average molecular weight is 453 g/mol. The van der Waals surface area contributed by atoms with Crippen molar-refractivity contribution in [3.05, 3.63) is 57.0 Å². The van der Waals surface area contributed by atoms with Gasteiger partial charge >= 0.3 is 6.36 Å². The van der Waals surface area contributed by atoms with Gasteiger partial charge in [0.2, 0.25) is 0 Å². The fourth-order valence-electron chi connectivity index (χ4n) is 3.80. The van der Waals surface area contributed by atoms with Gasteiger partial charge in [-0.1, -0.05) is 12.1 Å². The van der Waals surface area contributed by atoms with Crippen LogP contribution in [0.25, 0.3) is 10.2 Å². The first-order valence-electron chi connectivity index (χ1n) is 9.91. The molecule has 0 radical (unpaired) electrons. The van der Waals surface area contributed by atoms with Crippen LogP contribution in [-0.4, -0.2) is 35.7 Å². The predicted octanol–water partition coefficient (Wildman–Crippen LogP) is 3.65. The Morgan fingerprint density at radius 1 is 1.29 bits per heavy atom. The van der Waals surface area contributed by atoms with Crippen LogP contribution >= 0.6 is 11.3 Å². The molecule has 0 amide bonds. The van der Waals surface area contributed by atoms with Gasteiger partial charge in [-0.25, -0.2) is 4.98 Å². The number of nitrogens with one attached hydrogen (secondary N) is 1. The van der Waals surface area contributed by atoms with Crippen LogP contribution in [0.2, 0.25) is 0 Å². The Kier molecular flexibility index (Phi) is 6.31. The molecule has 0 fully saturated rings. The highest BCUT2D eigenvalue weighted by Gasteiger charge is 2.31.